The van der Waals surface area contributed by atoms with Crippen LogP contribution in [0.2, 0.25) is 0 Å². The van der Waals surface area contributed by atoms with E-state index in [1.165, 1.54) is 4.90 Å². The Balaban J connectivity index is 1.65. The van der Waals surface area contributed by atoms with Gasteiger partial charge in [-0.05, 0) is 51.8 Å². The summed E-state index contributed by atoms with van der Waals surface area (Å²) in [6.45, 7) is 0.212. The largest absolute Gasteiger partial charge is 0.496 e. The highest BCUT2D eigenvalue weighted by Crippen LogP contribution is 2.34. The quantitative estimate of drug-likeness (QED) is 0.708. The van der Waals surface area contributed by atoms with Crippen molar-refractivity contribution < 1.29 is 19.1 Å². The predicted molar refractivity (Wildman–Crippen MR) is 105 cm³/mol. The Hall–Kier alpha value is -2.06. The van der Waals surface area contributed by atoms with Crippen LogP contribution in [0.5, 0.6) is 11.5 Å². The van der Waals surface area contributed by atoms with Crippen LogP contribution in [0.25, 0.3) is 0 Å². The lowest BCUT2D eigenvalue weighted by Gasteiger charge is -2.29. The van der Waals surface area contributed by atoms with E-state index in [1.54, 1.807) is 25.3 Å². The Morgan fingerprint density at radius 2 is 2.08 bits per heavy atom. The molecule has 0 saturated carbocycles. The smallest absolute Gasteiger partial charge is 0.265 e. The van der Waals surface area contributed by atoms with Gasteiger partial charge in [-0.1, -0.05) is 22.0 Å². The highest BCUT2D eigenvalue weighted by molar-refractivity contribution is 9.10. The Bertz CT molecular complexity index is 857. The standard InChI is InChI=1S/C18H16Br2N2O4/c1-25-15-5-2-11(6-13(15)20)8-21-17(23)9-22-14-4-3-12(19)7-16(14)26-10-18(22)24/h2-7H,8-10H2,1H3,(H,21,23). The monoisotopic (exact) mass is 482 g/mol. The van der Waals surface area contributed by atoms with Crippen molar-refractivity contribution in [3.05, 3.63) is 50.9 Å². The summed E-state index contributed by atoms with van der Waals surface area (Å²) in [4.78, 5) is 25.9. The highest BCUT2D eigenvalue weighted by Gasteiger charge is 2.27. The molecule has 2 aromatic carbocycles. The zero-order chi connectivity index (χ0) is 18.7. The molecule has 0 atom stereocenters. The summed E-state index contributed by atoms with van der Waals surface area (Å²) in [5, 5.41) is 2.83. The number of methoxy groups -OCH3 is 1. The SMILES string of the molecule is COc1ccc(CNC(=O)CN2C(=O)COc3cc(Br)ccc32)cc1Br. The van der Waals surface area contributed by atoms with Gasteiger partial charge in [0.2, 0.25) is 5.91 Å². The summed E-state index contributed by atoms with van der Waals surface area (Å²) in [5.41, 5.74) is 1.51. The van der Waals surface area contributed by atoms with Crippen molar-refractivity contribution in [2.75, 3.05) is 25.2 Å². The van der Waals surface area contributed by atoms with Crippen molar-refractivity contribution in [1.29, 1.82) is 0 Å². The van der Waals surface area contributed by atoms with E-state index >= 15 is 0 Å². The number of halogens is 2. The van der Waals surface area contributed by atoms with Crippen LogP contribution >= 0.6 is 31.9 Å². The number of benzene rings is 2. The van der Waals surface area contributed by atoms with Gasteiger partial charge in [-0.15, -0.1) is 0 Å². The molecule has 0 bridgehead atoms. The summed E-state index contributed by atoms with van der Waals surface area (Å²) < 4.78 is 12.3. The van der Waals surface area contributed by atoms with Gasteiger partial charge < -0.3 is 14.8 Å². The number of nitrogens with one attached hydrogen (secondary N) is 1. The van der Waals surface area contributed by atoms with Gasteiger partial charge in [-0.2, -0.15) is 0 Å². The topological polar surface area (TPSA) is 67.9 Å². The minimum atomic E-state index is -0.249. The van der Waals surface area contributed by atoms with Gasteiger partial charge in [0, 0.05) is 11.0 Å². The predicted octanol–water partition coefficient (Wildman–Crippen LogP) is 3.26. The number of rotatable bonds is 5. The minimum absolute atomic E-state index is 0.0614. The molecule has 0 spiro atoms. The molecule has 1 N–H and O–H groups in total. The number of nitrogens with zero attached hydrogens (tertiary/aromatic N) is 1. The molecule has 8 heteroatoms. The number of fused-ring (bicyclic) bond motifs is 1. The molecule has 0 aromatic heterocycles. The fourth-order valence-electron chi connectivity index (χ4n) is 2.57. The van der Waals surface area contributed by atoms with Gasteiger partial charge >= 0.3 is 0 Å². The summed E-state index contributed by atoms with van der Waals surface area (Å²) in [6, 6.07) is 10.9. The molecule has 2 aromatic rings. The van der Waals surface area contributed by atoms with Crippen LogP contribution in [0.4, 0.5) is 5.69 Å². The zero-order valence-electron chi connectivity index (χ0n) is 13.9. The van der Waals surface area contributed by atoms with Crippen molar-refractivity contribution >= 4 is 49.4 Å². The normalized spacial score (nSPS) is 13.0. The second kappa shape index (κ2) is 8.09. The van der Waals surface area contributed by atoms with Gasteiger partial charge in [0.1, 0.15) is 18.0 Å². The van der Waals surface area contributed by atoms with Gasteiger partial charge in [-0.25, -0.2) is 0 Å². The van der Waals surface area contributed by atoms with Crippen molar-refractivity contribution in [3.8, 4) is 11.5 Å². The number of anilines is 1. The molecule has 0 fully saturated rings. The first kappa shape index (κ1) is 18.7. The molecule has 6 nitrogen and oxygen atoms in total. The highest BCUT2D eigenvalue weighted by atomic mass is 79.9. The van der Waals surface area contributed by atoms with E-state index in [1.807, 2.05) is 18.2 Å². The zero-order valence-corrected chi connectivity index (χ0v) is 17.1. The molecule has 1 aliphatic heterocycles. The number of hydrogen-bond donors (Lipinski definition) is 1. The van der Waals surface area contributed by atoms with E-state index in [-0.39, 0.29) is 25.0 Å². The molecular formula is C18H16Br2N2O4. The summed E-state index contributed by atoms with van der Waals surface area (Å²) >= 11 is 6.78. The number of carbonyl (C=O) groups is 2. The lowest BCUT2D eigenvalue weighted by Crippen LogP contribution is -2.45. The van der Waals surface area contributed by atoms with Crippen LogP contribution in [0.1, 0.15) is 5.56 Å². The van der Waals surface area contributed by atoms with E-state index in [4.69, 9.17) is 9.47 Å². The average Bonchev–Trinajstić information content (AvgIpc) is 2.62. The Labute approximate surface area is 167 Å². The molecule has 1 aliphatic rings. The first-order chi connectivity index (χ1) is 12.5. The van der Waals surface area contributed by atoms with Crippen LogP contribution in [0.15, 0.2) is 45.3 Å². The number of amides is 2. The van der Waals surface area contributed by atoms with Crippen LogP contribution in [-0.2, 0) is 16.1 Å². The molecule has 26 heavy (non-hydrogen) atoms. The second-order valence-corrected chi connectivity index (χ2v) is 7.40. The third-order valence-corrected chi connectivity index (χ3v) is 4.99. The number of hydrogen-bond acceptors (Lipinski definition) is 4. The van der Waals surface area contributed by atoms with Crippen LogP contribution in [-0.4, -0.2) is 32.1 Å². The molecule has 136 valence electrons. The first-order valence-electron chi connectivity index (χ1n) is 7.80. The number of ether oxygens (including phenoxy) is 2. The Morgan fingerprint density at radius 3 is 2.81 bits per heavy atom. The Kier molecular flexibility index (Phi) is 5.83. The average molecular weight is 484 g/mol. The van der Waals surface area contributed by atoms with Crippen molar-refractivity contribution in [2.24, 2.45) is 0 Å². The van der Waals surface area contributed by atoms with Gasteiger partial charge in [0.15, 0.2) is 6.61 Å². The van der Waals surface area contributed by atoms with Crippen molar-refractivity contribution in [3.63, 3.8) is 0 Å². The third-order valence-electron chi connectivity index (χ3n) is 3.87. The molecule has 1 heterocycles. The van der Waals surface area contributed by atoms with E-state index in [0.29, 0.717) is 18.0 Å². The van der Waals surface area contributed by atoms with E-state index < -0.39 is 0 Å². The minimum Gasteiger partial charge on any atom is -0.496 e. The molecule has 2 amide bonds. The molecular weight excluding hydrogens is 468 g/mol. The molecule has 0 unspecified atom stereocenters. The maximum Gasteiger partial charge on any atom is 0.265 e. The summed E-state index contributed by atoms with van der Waals surface area (Å²) in [6.07, 6.45) is 0. The fourth-order valence-corrected chi connectivity index (χ4v) is 3.50. The maximum absolute atomic E-state index is 12.3. The van der Waals surface area contributed by atoms with Crippen LogP contribution < -0.4 is 19.7 Å². The fraction of sp³-hybridized carbons (Fsp3) is 0.222. The summed E-state index contributed by atoms with van der Waals surface area (Å²) in [5.74, 6) is 0.802. The Morgan fingerprint density at radius 1 is 1.27 bits per heavy atom. The van der Waals surface area contributed by atoms with Gasteiger partial charge in [-0.3, -0.25) is 14.5 Å². The molecule has 3 rings (SSSR count). The molecule has 0 aliphatic carbocycles. The molecule has 0 saturated heterocycles. The number of carbonyl (C=O) groups excluding carboxylic acids is 2. The summed E-state index contributed by atoms with van der Waals surface area (Å²) in [7, 11) is 1.59. The first-order valence-corrected chi connectivity index (χ1v) is 9.38. The lowest BCUT2D eigenvalue weighted by atomic mass is 10.2. The third kappa shape index (κ3) is 4.19. The van der Waals surface area contributed by atoms with E-state index in [9.17, 15) is 9.59 Å². The van der Waals surface area contributed by atoms with E-state index in [2.05, 4.69) is 37.2 Å². The van der Waals surface area contributed by atoms with Crippen molar-refractivity contribution in [2.45, 2.75) is 6.54 Å². The van der Waals surface area contributed by atoms with Crippen molar-refractivity contribution in [1.82, 2.24) is 5.32 Å². The maximum atomic E-state index is 12.3. The van der Waals surface area contributed by atoms with Gasteiger partial charge in [0.05, 0.1) is 17.3 Å². The van der Waals surface area contributed by atoms with Gasteiger partial charge in [0.25, 0.3) is 5.91 Å². The van der Waals surface area contributed by atoms with Crippen LogP contribution in [0, 0.1) is 0 Å². The lowest BCUT2D eigenvalue weighted by molar-refractivity contribution is -0.125. The van der Waals surface area contributed by atoms with E-state index in [0.717, 1.165) is 20.3 Å². The second-order valence-electron chi connectivity index (χ2n) is 5.63. The van der Waals surface area contributed by atoms with Crippen LogP contribution in [0.3, 0.4) is 0 Å². The molecule has 0 radical (unpaired) electrons.